The summed E-state index contributed by atoms with van der Waals surface area (Å²) in [5.41, 5.74) is 0. The van der Waals surface area contributed by atoms with Crippen molar-refractivity contribution in [2.45, 2.75) is 18.9 Å². The fourth-order valence-electron chi connectivity index (χ4n) is 2.60. The standard InChI is InChI=1S/C14H22N2O3S2/c1-20-8-4-13(16-6-2-3-7-16)14(17)15-10-12-5-9-21(18,19)11-12/h2-3,6-7,12-13H,4-5,8-11H2,1H3,(H,15,17)/t12-,13+/m0/s1. The molecule has 0 spiro atoms. The summed E-state index contributed by atoms with van der Waals surface area (Å²) >= 11 is 1.72. The van der Waals surface area contributed by atoms with Gasteiger partial charge in [0.05, 0.1) is 11.5 Å². The van der Waals surface area contributed by atoms with E-state index in [2.05, 4.69) is 5.32 Å². The third kappa shape index (κ3) is 4.78. The molecular formula is C14H22N2O3S2. The summed E-state index contributed by atoms with van der Waals surface area (Å²) < 4.78 is 24.8. The number of nitrogens with one attached hydrogen (secondary N) is 1. The zero-order valence-electron chi connectivity index (χ0n) is 12.2. The molecule has 1 aliphatic rings. The molecule has 21 heavy (non-hydrogen) atoms. The topological polar surface area (TPSA) is 68.2 Å². The van der Waals surface area contributed by atoms with E-state index in [9.17, 15) is 13.2 Å². The second-order valence-corrected chi connectivity index (χ2v) is 8.66. The van der Waals surface area contributed by atoms with Gasteiger partial charge < -0.3 is 9.88 Å². The first-order valence-corrected chi connectivity index (χ1v) is 10.3. The lowest BCUT2D eigenvalue weighted by Gasteiger charge is -2.19. The SMILES string of the molecule is CSCC[C@H](C(=O)NC[C@@H]1CCS(=O)(=O)C1)n1cccc1. The van der Waals surface area contributed by atoms with Crippen LogP contribution in [0.25, 0.3) is 0 Å². The van der Waals surface area contributed by atoms with Gasteiger partial charge in [-0.25, -0.2) is 8.42 Å². The molecule has 1 amide bonds. The van der Waals surface area contributed by atoms with Crippen LogP contribution in [0.5, 0.6) is 0 Å². The van der Waals surface area contributed by atoms with E-state index in [-0.39, 0.29) is 29.4 Å². The number of carbonyl (C=O) groups is 1. The molecule has 0 aromatic carbocycles. The van der Waals surface area contributed by atoms with Crippen LogP contribution in [0, 0.1) is 5.92 Å². The van der Waals surface area contributed by atoms with Crippen molar-refractivity contribution < 1.29 is 13.2 Å². The Morgan fingerprint density at radius 2 is 2.14 bits per heavy atom. The van der Waals surface area contributed by atoms with E-state index in [1.165, 1.54) is 0 Å². The summed E-state index contributed by atoms with van der Waals surface area (Å²) in [6, 6.07) is 3.59. The lowest BCUT2D eigenvalue weighted by atomic mass is 10.1. The molecule has 1 fully saturated rings. The van der Waals surface area contributed by atoms with Gasteiger partial charge in [0.25, 0.3) is 0 Å². The van der Waals surface area contributed by atoms with Crippen LogP contribution in [0.3, 0.4) is 0 Å². The average Bonchev–Trinajstić information content (AvgIpc) is 3.06. The van der Waals surface area contributed by atoms with E-state index in [1.807, 2.05) is 35.3 Å². The minimum Gasteiger partial charge on any atom is -0.354 e. The maximum absolute atomic E-state index is 12.4. The molecule has 1 aromatic heterocycles. The summed E-state index contributed by atoms with van der Waals surface area (Å²) in [6.45, 7) is 0.453. The predicted octanol–water partition coefficient (Wildman–Crippen LogP) is 1.33. The van der Waals surface area contributed by atoms with Crippen molar-refractivity contribution in [3.8, 4) is 0 Å². The van der Waals surface area contributed by atoms with Crippen molar-refractivity contribution in [3.05, 3.63) is 24.5 Å². The van der Waals surface area contributed by atoms with Crippen LogP contribution in [0.4, 0.5) is 0 Å². The van der Waals surface area contributed by atoms with Gasteiger partial charge in [-0.3, -0.25) is 4.79 Å². The predicted molar refractivity (Wildman–Crippen MR) is 86.2 cm³/mol. The molecule has 0 aliphatic carbocycles. The monoisotopic (exact) mass is 330 g/mol. The second-order valence-electron chi connectivity index (χ2n) is 5.44. The molecular weight excluding hydrogens is 308 g/mol. The van der Waals surface area contributed by atoms with Gasteiger partial charge in [0.2, 0.25) is 5.91 Å². The second kappa shape index (κ2) is 7.35. The van der Waals surface area contributed by atoms with E-state index in [4.69, 9.17) is 0 Å². The van der Waals surface area contributed by atoms with Crippen molar-refractivity contribution in [1.29, 1.82) is 0 Å². The lowest BCUT2D eigenvalue weighted by Crippen LogP contribution is -2.36. The maximum Gasteiger partial charge on any atom is 0.243 e. The van der Waals surface area contributed by atoms with Crippen molar-refractivity contribution in [2.24, 2.45) is 5.92 Å². The molecule has 118 valence electrons. The molecule has 2 heterocycles. The molecule has 1 aromatic rings. The van der Waals surface area contributed by atoms with Crippen LogP contribution in [-0.4, -0.2) is 49.0 Å². The van der Waals surface area contributed by atoms with E-state index in [1.54, 1.807) is 11.8 Å². The Hall–Kier alpha value is -0.950. The van der Waals surface area contributed by atoms with Crippen LogP contribution in [0.15, 0.2) is 24.5 Å². The van der Waals surface area contributed by atoms with Crippen LogP contribution in [-0.2, 0) is 14.6 Å². The minimum absolute atomic E-state index is 0.0236. The first kappa shape index (κ1) is 16.4. The number of nitrogens with zero attached hydrogens (tertiary/aromatic N) is 1. The molecule has 0 unspecified atom stereocenters. The Morgan fingerprint density at radius 1 is 1.43 bits per heavy atom. The van der Waals surface area contributed by atoms with E-state index < -0.39 is 9.84 Å². The van der Waals surface area contributed by atoms with Gasteiger partial charge in [0.15, 0.2) is 9.84 Å². The van der Waals surface area contributed by atoms with Gasteiger partial charge >= 0.3 is 0 Å². The fourth-order valence-corrected chi connectivity index (χ4v) is 4.92. The highest BCUT2D eigenvalue weighted by atomic mass is 32.2. The van der Waals surface area contributed by atoms with Gasteiger partial charge in [-0.05, 0) is 42.9 Å². The Balaban J connectivity index is 1.90. The molecule has 0 bridgehead atoms. The summed E-state index contributed by atoms with van der Waals surface area (Å²) in [5, 5.41) is 2.93. The Bertz CT molecular complexity index is 555. The number of hydrogen-bond acceptors (Lipinski definition) is 4. The molecule has 7 heteroatoms. The van der Waals surface area contributed by atoms with Crippen molar-refractivity contribution in [2.75, 3.05) is 30.1 Å². The minimum atomic E-state index is -2.88. The Kier molecular flexibility index (Phi) is 5.75. The molecule has 1 N–H and O–H groups in total. The average molecular weight is 330 g/mol. The molecule has 1 saturated heterocycles. The number of sulfone groups is 1. The Morgan fingerprint density at radius 3 is 2.71 bits per heavy atom. The zero-order valence-corrected chi connectivity index (χ0v) is 13.8. The van der Waals surface area contributed by atoms with Crippen LogP contribution >= 0.6 is 11.8 Å². The van der Waals surface area contributed by atoms with Gasteiger partial charge in [-0.15, -0.1) is 0 Å². The first-order valence-electron chi connectivity index (χ1n) is 7.11. The van der Waals surface area contributed by atoms with Crippen LogP contribution in [0.2, 0.25) is 0 Å². The quantitative estimate of drug-likeness (QED) is 0.819. The smallest absolute Gasteiger partial charge is 0.243 e. The number of hydrogen-bond donors (Lipinski definition) is 1. The van der Waals surface area contributed by atoms with Gasteiger partial charge in [0, 0.05) is 18.9 Å². The maximum atomic E-state index is 12.4. The largest absolute Gasteiger partial charge is 0.354 e. The van der Waals surface area contributed by atoms with Gasteiger partial charge in [-0.1, -0.05) is 0 Å². The summed E-state index contributed by atoms with van der Waals surface area (Å²) in [7, 11) is -2.88. The van der Waals surface area contributed by atoms with E-state index in [0.29, 0.717) is 13.0 Å². The highest BCUT2D eigenvalue weighted by Crippen LogP contribution is 2.19. The van der Waals surface area contributed by atoms with Crippen molar-refractivity contribution >= 4 is 27.5 Å². The molecule has 2 rings (SSSR count). The third-order valence-corrected chi connectivity index (χ3v) is 6.26. The molecule has 2 atom stereocenters. The number of amides is 1. The Labute approximate surface area is 130 Å². The molecule has 0 radical (unpaired) electrons. The number of carbonyl (C=O) groups excluding carboxylic acids is 1. The third-order valence-electron chi connectivity index (χ3n) is 3.78. The number of thioether (sulfide) groups is 1. The van der Waals surface area contributed by atoms with Crippen LogP contribution < -0.4 is 5.32 Å². The van der Waals surface area contributed by atoms with Crippen molar-refractivity contribution in [3.63, 3.8) is 0 Å². The van der Waals surface area contributed by atoms with Crippen molar-refractivity contribution in [1.82, 2.24) is 9.88 Å². The zero-order chi connectivity index (χ0) is 15.3. The fraction of sp³-hybridized carbons (Fsp3) is 0.643. The summed E-state index contributed by atoms with van der Waals surface area (Å²) in [6.07, 6.45) is 7.23. The normalized spacial score (nSPS) is 22.0. The summed E-state index contributed by atoms with van der Waals surface area (Å²) in [5.74, 6) is 1.40. The summed E-state index contributed by atoms with van der Waals surface area (Å²) in [4.78, 5) is 12.4. The molecule has 5 nitrogen and oxygen atoms in total. The molecule has 0 saturated carbocycles. The highest BCUT2D eigenvalue weighted by Gasteiger charge is 2.29. The van der Waals surface area contributed by atoms with Gasteiger partial charge in [0.1, 0.15) is 6.04 Å². The van der Waals surface area contributed by atoms with E-state index >= 15 is 0 Å². The number of aromatic nitrogens is 1. The molecule has 1 aliphatic heterocycles. The van der Waals surface area contributed by atoms with Gasteiger partial charge in [-0.2, -0.15) is 11.8 Å². The highest BCUT2D eigenvalue weighted by molar-refractivity contribution is 7.98. The van der Waals surface area contributed by atoms with E-state index in [0.717, 1.165) is 12.2 Å². The first-order chi connectivity index (χ1) is 10.0. The lowest BCUT2D eigenvalue weighted by molar-refractivity contribution is -0.124. The van der Waals surface area contributed by atoms with Crippen LogP contribution in [0.1, 0.15) is 18.9 Å². The number of rotatable bonds is 7.